The fourth-order valence-electron chi connectivity index (χ4n) is 4.45. The summed E-state index contributed by atoms with van der Waals surface area (Å²) in [7, 11) is -8.28. The molecule has 0 aromatic heterocycles. The Morgan fingerprint density at radius 2 is 0.628 bits per heavy atom. The van der Waals surface area contributed by atoms with E-state index in [1.807, 2.05) is 0 Å². The summed E-state index contributed by atoms with van der Waals surface area (Å²) in [6.07, 6.45) is 16.8. The van der Waals surface area contributed by atoms with Crippen LogP contribution in [-0.2, 0) is 44.0 Å². The third-order valence-corrected chi connectivity index (χ3v) is 9.91. The van der Waals surface area contributed by atoms with Crippen LogP contribution < -0.4 is 9.79 Å². The maximum Gasteiger partial charge on any atom is 2.00 e. The standard InChI is InChI=1S/2C16H35O4P.Co/c2*1-5-9-11-15(7-3)13-19-21(17,18)20-14-16(8-4)12-10-6-2;/h2*15-16H,5-14H2,1-4H3,(H,17,18);/q;;+2/p-2. The Bertz CT molecular complexity index is 582. The Morgan fingerprint density at radius 3 is 0.767 bits per heavy atom. The molecule has 0 aliphatic carbocycles. The predicted octanol–water partition coefficient (Wildman–Crippen LogP) is 9.84. The minimum atomic E-state index is -4.14. The van der Waals surface area contributed by atoms with Crippen molar-refractivity contribution in [3.63, 3.8) is 0 Å². The van der Waals surface area contributed by atoms with E-state index in [9.17, 15) is 18.9 Å². The van der Waals surface area contributed by atoms with Gasteiger partial charge in [0.2, 0.25) is 0 Å². The van der Waals surface area contributed by atoms with Crippen molar-refractivity contribution in [1.82, 2.24) is 0 Å². The first-order valence-electron chi connectivity index (χ1n) is 17.2. The SMILES string of the molecule is CCCCC(CC)COP(=O)([O-])OCC(CC)CCCC.CCCCC(CC)COP(=O)([O-])OCC(CC)CCCC.[Co+2]. The molecule has 0 rings (SSSR count). The van der Waals surface area contributed by atoms with Gasteiger partial charge in [-0.25, -0.2) is 0 Å². The fourth-order valence-corrected chi connectivity index (χ4v) is 6.18. The summed E-state index contributed by atoms with van der Waals surface area (Å²) in [5, 5.41) is 0. The van der Waals surface area contributed by atoms with Gasteiger partial charge < -0.3 is 27.9 Å². The van der Waals surface area contributed by atoms with E-state index in [2.05, 4.69) is 55.4 Å². The first-order valence-corrected chi connectivity index (χ1v) is 20.1. The minimum absolute atomic E-state index is 0. The van der Waals surface area contributed by atoms with Crippen molar-refractivity contribution in [3.8, 4) is 0 Å². The molecule has 0 aromatic rings. The Balaban J connectivity index is -0.000000727. The van der Waals surface area contributed by atoms with Gasteiger partial charge in [0.25, 0.3) is 15.6 Å². The molecule has 0 bridgehead atoms. The number of unbranched alkanes of at least 4 members (excludes halogenated alkanes) is 4. The van der Waals surface area contributed by atoms with E-state index in [1.165, 1.54) is 0 Å². The third kappa shape index (κ3) is 29.8. The second kappa shape index (κ2) is 31.3. The summed E-state index contributed by atoms with van der Waals surface area (Å²) in [5.41, 5.74) is 0. The molecular formula is C32H68CoO8P2. The molecule has 0 saturated heterocycles. The molecule has 0 aliphatic heterocycles. The molecule has 0 fully saturated rings. The van der Waals surface area contributed by atoms with Gasteiger partial charge in [0.05, 0.1) is 26.4 Å². The molecule has 8 nitrogen and oxygen atoms in total. The molecule has 0 saturated carbocycles. The second-order valence-electron chi connectivity index (χ2n) is 11.7. The first-order chi connectivity index (χ1) is 20.0. The van der Waals surface area contributed by atoms with Crippen molar-refractivity contribution in [2.24, 2.45) is 23.7 Å². The van der Waals surface area contributed by atoms with Crippen molar-refractivity contribution >= 4 is 15.6 Å². The van der Waals surface area contributed by atoms with E-state index in [1.54, 1.807) is 0 Å². The average Bonchev–Trinajstić information content (AvgIpc) is 2.98. The molecule has 0 N–H and O–H groups in total. The van der Waals surface area contributed by atoms with Crippen molar-refractivity contribution < 1.29 is 53.8 Å². The number of rotatable bonds is 28. The van der Waals surface area contributed by atoms with Crippen LogP contribution in [0.25, 0.3) is 0 Å². The first kappa shape index (κ1) is 48.1. The molecule has 0 spiro atoms. The van der Waals surface area contributed by atoms with Crippen LogP contribution in [0.4, 0.5) is 0 Å². The molecule has 0 amide bonds. The Hall–Kier alpha value is 0.726. The molecule has 0 aliphatic rings. The number of hydrogen-bond acceptors (Lipinski definition) is 8. The summed E-state index contributed by atoms with van der Waals surface area (Å²) < 4.78 is 43.8. The van der Waals surface area contributed by atoms with Crippen LogP contribution in [0.1, 0.15) is 158 Å². The molecular weight excluding hydrogens is 633 g/mol. The summed E-state index contributed by atoms with van der Waals surface area (Å²) in [5.74, 6) is 1.21. The van der Waals surface area contributed by atoms with E-state index in [4.69, 9.17) is 18.1 Å². The maximum absolute atomic E-state index is 11.8. The Kier molecular flexibility index (Phi) is 35.1. The zero-order valence-electron chi connectivity index (χ0n) is 28.9. The van der Waals surface area contributed by atoms with E-state index in [0.29, 0.717) is 23.7 Å². The van der Waals surface area contributed by atoms with E-state index < -0.39 is 15.6 Å². The van der Waals surface area contributed by atoms with Gasteiger partial charge in [-0.2, -0.15) is 0 Å². The largest absolute Gasteiger partial charge is 2.00 e. The van der Waals surface area contributed by atoms with Gasteiger partial charge in [-0.05, 0) is 49.4 Å². The van der Waals surface area contributed by atoms with Gasteiger partial charge in [0.1, 0.15) is 0 Å². The summed E-state index contributed by atoms with van der Waals surface area (Å²) in [6.45, 7) is 17.8. The average molecular weight is 702 g/mol. The molecule has 0 aromatic carbocycles. The maximum atomic E-state index is 11.8. The van der Waals surface area contributed by atoms with Crippen molar-refractivity contribution in [1.29, 1.82) is 0 Å². The fraction of sp³-hybridized carbons (Fsp3) is 1.00. The molecule has 1 radical (unpaired) electrons. The molecule has 4 atom stereocenters. The molecule has 11 heteroatoms. The van der Waals surface area contributed by atoms with Crippen LogP contribution in [0.15, 0.2) is 0 Å². The van der Waals surface area contributed by atoms with Crippen LogP contribution >= 0.6 is 15.6 Å². The molecule has 43 heavy (non-hydrogen) atoms. The van der Waals surface area contributed by atoms with E-state index in [0.717, 1.165) is 103 Å². The zero-order chi connectivity index (χ0) is 32.3. The van der Waals surface area contributed by atoms with Crippen LogP contribution in [0, 0.1) is 23.7 Å². The molecule has 0 heterocycles. The third-order valence-electron chi connectivity index (χ3n) is 8.05. The van der Waals surface area contributed by atoms with Crippen molar-refractivity contribution in [2.75, 3.05) is 26.4 Å². The number of hydrogen-bond donors (Lipinski definition) is 0. The van der Waals surface area contributed by atoms with Gasteiger partial charge in [0, 0.05) is 0 Å². The van der Waals surface area contributed by atoms with Crippen molar-refractivity contribution in [3.05, 3.63) is 0 Å². The van der Waals surface area contributed by atoms with E-state index in [-0.39, 0.29) is 43.2 Å². The zero-order valence-corrected chi connectivity index (χ0v) is 31.8. The molecule has 263 valence electrons. The summed E-state index contributed by atoms with van der Waals surface area (Å²) in [4.78, 5) is 23.6. The second-order valence-corrected chi connectivity index (χ2v) is 14.6. The number of phosphoric ester groups is 2. The van der Waals surface area contributed by atoms with E-state index >= 15 is 0 Å². The van der Waals surface area contributed by atoms with Crippen LogP contribution in [0.3, 0.4) is 0 Å². The monoisotopic (exact) mass is 701 g/mol. The van der Waals surface area contributed by atoms with Gasteiger partial charge in [0.15, 0.2) is 0 Å². The van der Waals surface area contributed by atoms with Crippen LogP contribution in [0.5, 0.6) is 0 Å². The van der Waals surface area contributed by atoms with Gasteiger partial charge in [-0.1, -0.05) is 132 Å². The van der Waals surface area contributed by atoms with Crippen LogP contribution in [-0.4, -0.2) is 26.4 Å². The topological polar surface area (TPSA) is 117 Å². The van der Waals surface area contributed by atoms with Crippen LogP contribution in [0.2, 0.25) is 0 Å². The van der Waals surface area contributed by atoms with Gasteiger partial charge >= 0.3 is 16.8 Å². The normalized spacial score (nSPS) is 17.0. The van der Waals surface area contributed by atoms with Gasteiger partial charge in [-0.3, -0.25) is 9.13 Å². The number of phosphoric acid groups is 2. The quantitative estimate of drug-likeness (QED) is 0.0740. The Morgan fingerprint density at radius 1 is 0.442 bits per heavy atom. The summed E-state index contributed by atoms with van der Waals surface area (Å²) in [6, 6.07) is 0. The predicted molar refractivity (Wildman–Crippen MR) is 172 cm³/mol. The Labute approximate surface area is 277 Å². The van der Waals surface area contributed by atoms with Gasteiger partial charge in [-0.15, -0.1) is 0 Å². The smallest absolute Gasteiger partial charge is 0.756 e. The summed E-state index contributed by atoms with van der Waals surface area (Å²) >= 11 is 0. The van der Waals surface area contributed by atoms with Crippen molar-refractivity contribution in [2.45, 2.75) is 158 Å². The minimum Gasteiger partial charge on any atom is -0.756 e. The molecule has 4 unspecified atom stereocenters.